The van der Waals surface area contributed by atoms with Crippen LogP contribution in [0, 0.1) is 5.82 Å². The first-order chi connectivity index (χ1) is 14.1. The Bertz CT molecular complexity index is 787. The second-order valence-corrected chi connectivity index (χ2v) is 6.93. The van der Waals surface area contributed by atoms with Gasteiger partial charge in [-0.3, -0.25) is 4.99 Å². The fraction of sp³-hybridized carbons (Fsp3) is 0.409. The standard InChI is InChI=1S/C22H29FN4O2/c1-3-24-22(25-16-21(28)17-4-6-18(23)7-5-17)27-14-12-26(13-15-27)19-8-10-20(29-2)11-9-19/h4-11,21,28H,3,12-16H2,1-2H3,(H,24,25). The van der Waals surface area contributed by atoms with Crippen molar-refractivity contribution in [1.29, 1.82) is 0 Å². The van der Waals surface area contributed by atoms with Crippen LogP contribution < -0.4 is 15.0 Å². The summed E-state index contributed by atoms with van der Waals surface area (Å²) in [5.74, 6) is 1.34. The number of nitrogens with zero attached hydrogens (tertiary/aromatic N) is 3. The largest absolute Gasteiger partial charge is 0.497 e. The van der Waals surface area contributed by atoms with Gasteiger partial charge in [0.1, 0.15) is 11.6 Å². The molecule has 2 aromatic rings. The van der Waals surface area contributed by atoms with E-state index in [0.717, 1.165) is 44.4 Å². The molecule has 3 rings (SSSR count). The summed E-state index contributed by atoms with van der Waals surface area (Å²) in [6.45, 7) is 6.46. The third kappa shape index (κ3) is 5.60. The minimum atomic E-state index is -0.759. The number of aliphatic hydroxyl groups is 1. The number of hydrogen-bond acceptors (Lipinski definition) is 4. The lowest BCUT2D eigenvalue weighted by molar-refractivity contribution is 0.186. The molecule has 0 bridgehead atoms. The third-order valence-corrected chi connectivity index (χ3v) is 5.02. The molecule has 0 amide bonds. The predicted octanol–water partition coefficient (Wildman–Crippen LogP) is 2.66. The fourth-order valence-electron chi connectivity index (χ4n) is 3.36. The zero-order valence-electron chi connectivity index (χ0n) is 17.0. The van der Waals surface area contributed by atoms with E-state index in [1.165, 1.54) is 17.8 Å². The molecule has 1 atom stereocenters. The van der Waals surface area contributed by atoms with E-state index in [1.54, 1.807) is 19.2 Å². The van der Waals surface area contributed by atoms with Crippen LogP contribution in [0.1, 0.15) is 18.6 Å². The van der Waals surface area contributed by atoms with Crippen LogP contribution in [-0.4, -0.2) is 62.3 Å². The molecule has 0 aromatic heterocycles. The number of aliphatic imine (C=N–C) groups is 1. The topological polar surface area (TPSA) is 60.3 Å². The lowest BCUT2D eigenvalue weighted by Gasteiger charge is -2.37. The molecule has 29 heavy (non-hydrogen) atoms. The minimum Gasteiger partial charge on any atom is -0.497 e. The lowest BCUT2D eigenvalue weighted by Crippen LogP contribution is -2.52. The number of nitrogens with one attached hydrogen (secondary N) is 1. The van der Waals surface area contributed by atoms with Crippen molar-refractivity contribution >= 4 is 11.6 Å². The van der Waals surface area contributed by atoms with Gasteiger partial charge >= 0.3 is 0 Å². The number of benzene rings is 2. The molecule has 0 saturated carbocycles. The van der Waals surface area contributed by atoms with Gasteiger partial charge in [-0.05, 0) is 48.9 Å². The number of guanidine groups is 1. The van der Waals surface area contributed by atoms with E-state index in [9.17, 15) is 9.50 Å². The Balaban J connectivity index is 1.59. The van der Waals surface area contributed by atoms with Crippen LogP contribution >= 0.6 is 0 Å². The highest BCUT2D eigenvalue weighted by atomic mass is 19.1. The number of rotatable bonds is 6. The average molecular weight is 400 g/mol. The summed E-state index contributed by atoms with van der Waals surface area (Å²) in [6, 6.07) is 14.0. The molecule has 156 valence electrons. The van der Waals surface area contributed by atoms with E-state index < -0.39 is 6.10 Å². The zero-order valence-corrected chi connectivity index (χ0v) is 17.0. The summed E-state index contributed by atoms with van der Waals surface area (Å²) in [5.41, 5.74) is 1.84. The van der Waals surface area contributed by atoms with Crippen LogP contribution in [-0.2, 0) is 0 Å². The summed E-state index contributed by atoms with van der Waals surface area (Å²) < 4.78 is 18.3. The first-order valence-corrected chi connectivity index (χ1v) is 9.96. The molecule has 1 heterocycles. The Morgan fingerprint density at radius 1 is 1.10 bits per heavy atom. The normalized spacial score (nSPS) is 15.9. The zero-order chi connectivity index (χ0) is 20.6. The third-order valence-electron chi connectivity index (χ3n) is 5.02. The summed E-state index contributed by atoms with van der Waals surface area (Å²) in [4.78, 5) is 9.16. The Morgan fingerprint density at radius 2 is 1.76 bits per heavy atom. The van der Waals surface area contributed by atoms with E-state index in [-0.39, 0.29) is 12.4 Å². The molecule has 1 saturated heterocycles. The number of anilines is 1. The van der Waals surface area contributed by atoms with Gasteiger partial charge in [0.15, 0.2) is 5.96 Å². The number of aliphatic hydroxyl groups excluding tert-OH is 1. The van der Waals surface area contributed by atoms with Crippen LogP contribution in [0.5, 0.6) is 5.75 Å². The smallest absolute Gasteiger partial charge is 0.194 e. The number of ether oxygens (including phenoxy) is 1. The second-order valence-electron chi connectivity index (χ2n) is 6.93. The Morgan fingerprint density at radius 3 is 2.34 bits per heavy atom. The first kappa shape index (κ1) is 20.9. The first-order valence-electron chi connectivity index (χ1n) is 9.96. The lowest BCUT2D eigenvalue weighted by atomic mass is 10.1. The van der Waals surface area contributed by atoms with Crippen molar-refractivity contribution in [2.45, 2.75) is 13.0 Å². The van der Waals surface area contributed by atoms with Gasteiger partial charge < -0.3 is 25.0 Å². The maximum atomic E-state index is 13.1. The van der Waals surface area contributed by atoms with Gasteiger partial charge in [-0.1, -0.05) is 12.1 Å². The van der Waals surface area contributed by atoms with Gasteiger partial charge in [0.25, 0.3) is 0 Å². The quantitative estimate of drug-likeness (QED) is 0.577. The molecule has 1 unspecified atom stereocenters. The van der Waals surface area contributed by atoms with Crippen molar-refractivity contribution in [2.24, 2.45) is 4.99 Å². The van der Waals surface area contributed by atoms with Gasteiger partial charge in [-0.15, -0.1) is 0 Å². The van der Waals surface area contributed by atoms with Crippen LogP contribution in [0.3, 0.4) is 0 Å². The van der Waals surface area contributed by atoms with Crippen molar-refractivity contribution < 1.29 is 14.2 Å². The van der Waals surface area contributed by atoms with Crippen LogP contribution in [0.15, 0.2) is 53.5 Å². The van der Waals surface area contributed by atoms with Gasteiger partial charge in [-0.25, -0.2) is 4.39 Å². The van der Waals surface area contributed by atoms with Crippen molar-refractivity contribution in [3.8, 4) is 5.75 Å². The summed E-state index contributed by atoms with van der Waals surface area (Å²) in [5, 5.41) is 13.7. The number of piperazine rings is 1. The Hall–Kier alpha value is -2.80. The van der Waals surface area contributed by atoms with Gasteiger partial charge in [0.05, 0.1) is 19.8 Å². The molecular weight excluding hydrogens is 371 g/mol. The van der Waals surface area contributed by atoms with Crippen molar-refractivity contribution in [3.63, 3.8) is 0 Å². The molecule has 2 aromatic carbocycles. The molecule has 0 spiro atoms. The van der Waals surface area contributed by atoms with Gasteiger partial charge in [-0.2, -0.15) is 0 Å². The summed E-state index contributed by atoms with van der Waals surface area (Å²) in [7, 11) is 1.67. The van der Waals surface area contributed by atoms with Crippen LogP contribution in [0.25, 0.3) is 0 Å². The molecule has 1 aliphatic rings. The second kappa shape index (κ2) is 10.1. The fourth-order valence-corrected chi connectivity index (χ4v) is 3.36. The summed E-state index contributed by atoms with van der Waals surface area (Å²) in [6.07, 6.45) is -0.759. The molecule has 2 N–H and O–H groups in total. The SMILES string of the molecule is CCNC(=NCC(O)c1ccc(F)cc1)N1CCN(c2ccc(OC)cc2)CC1. The molecule has 0 aliphatic carbocycles. The number of methoxy groups -OCH3 is 1. The summed E-state index contributed by atoms with van der Waals surface area (Å²) >= 11 is 0. The highest BCUT2D eigenvalue weighted by molar-refractivity contribution is 5.80. The number of halogens is 1. The van der Waals surface area contributed by atoms with Crippen molar-refractivity contribution in [2.75, 3.05) is 51.3 Å². The molecular formula is C22H29FN4O2. The van der Waals surface area contributed by atoms with Gasteiger partial charge in [0.2, 0.25) is 0 Å². The van der Waals surface area contributed by atoms with E-state index in [1.807, 2.05) is 19.1 Å². The monoisotopic (exact) mass is 400 g/mol. The highest BCUT2D eigenvalue weighted by Crippen LogP contribution is 2.20. The van der Waals surface area contributed by atoms with Crippen LogP contribution in [0.2, 0.25) is 0 Å². The predicted molar refractivity (Wildman–Crippen MR) is 114 cm³/mol. The maximum Gasteiger partial charge on any atom is 0.194 e. The van der Waals surface area contributed by atoms with E-state index in [2.05, 4.69) is 32.2 Å². The van der Waals surface area contributed by atoms with Crippen molar-refractivity contribution in [3.05, 3.63) is 59.9 Å². The highest BCUT2D eigenvalue weighted by Gasteiger charge is 2.20. The van der Waals surface area contributed by atoms with Gasteiger partial charge in [0, 0.05) is 38.4 Å². The number of hydrogen-bond donors (Lipinski definition) is 2. The Labute approximate surface area is 171 Å². The minimum absolute atomic E-state index is 0.229. The molecule has 1 aliphatic heterocycles. The average Bonchev–Trinajstić information content (AvgIpc) is 2.77. The van der Waals surface area contributed by atoms with Crippen molar-refractivity contribution in [1.82, 2.24) is 10.2 Å². The van der Waals surface area contributed by atoms with Crippen LogP contribution in [0.4, 0.5) is 10.1 Å². The van der Waals surface area contributed by atoms with E-state index >= 15 is 0 Å². The van der Waals surface area contributed by atoms with E-state index in [0.29, 0.717) is 5.56 Å². The molecule has 7 heteroatoms. The molecule has 6 nitrogen and oxygen atoms in total. The molecule has 0 radical (unpaired) electrons. The van der Waals surface area contributed by atoms with E-state index in [4.69, 9.17) is 4.74 Å². The Kier molecular flexibility index (Phi) is 7.30. The molecule has 1 fully saturated rings. The maximum absolute atomic E-state index is 13.1.